The molecule has 1 amide bonds. The van der Waals surface area contributed by atoms with Crippen LogP contribution in [0.25, 0.3) is 10.9 Å². The number of amides is 1. The van der Waals surface area contributed by atoms with Crippen molar-refractivity contribution in [3.63, 3.8) is 0 Å². The molecular formula is C16H17N5O2S2. The fourth-order valence-electron chi connectivity index (χ4n) is 2.21. The summed E-state index contributed by atoms with van der Waals surface area (Å²) in [5.74, 6) is -0.179. The average Bonchev–Trinajstić information content (AvgIpc) is 3.07. The van der Waals surface area contributed by atoms with Gasteiger partial charge in [-0.15, -0.1) is 10.2 Å². The first-order valence-electron chi connectivity index (χ1n) is 7.89. The highest BCUT2D eigenvalue weighted by Crippen LogP contribution is 2.24. The van der Waals surface area contributed by atoms with Crippen LogP contribution in [0.2, 0.25) is 0 Å². The Morgan fingerprint density at radius 2 is 2.12 bits per heavy atom. The zero-order valence-corrected chi connectivity index (χ0v) is 15.4. The molecule has 7 nitrogen and oxygen atoms in total. The predicted octanol–water partition coefficient (Wildman–Crippen LogP) is 2.85. The summed E-state index contributed by atoms with van der Waals surface area (Å²) in [7, 11) is 0. The second-order valence-corrected chi connectivity index (χ2v) is 7.50. The van der Waals surface area contributed by atoms with Crippen LogP contribution in [0.5, 0.6) is 0 Å². The summed E-state index contributed by atoms with van der Waals surface area (Å²) in [6.07, 6.45) is 1.37. The maximum atomic E-state index is 12.5. The lowest BCUT2D eigenvalue weighted by Gasteiger charge is -2.12. The third-order valence-electron chi connectivity index (χ3n) is 3.51. The van der Waals surface area contributed by atoms with E-state index in [-0.39, 0.29) is 11.5 Å². The summed E-state index contributed by atoms with van der Waals surface area (Å²) in [6.45, 7) is 3.90. The highest BCUT2D eigenvalue weighted by atomic mass is 32.2. The summed E-state index contributed by atoms with van der Waals surface area (Å²) in [4.78, 5) is 31.8. The Kier molecular flexibility index (Phi) is 5.44. The number of fused-ring (bicyclic) bond motifs is 1. The monoisotopic (exact) mass is 375 g/mol. The lowest BCUT2D eigenvalue weighted by atomic mass is 10.2. The van der Waals surface area contributed by atoms with Crippen molar-refractivity contribution in [3.8, 4) is 0 Å². The van der Waals surface area contributed by atoms with Crippen LogP contribution in [0.3, 0.4) is 0 Å². The van der Waals surface area contributed by atoms with Crippen LogP contribution in [0, 0.1) is 0 Å². The maximum Gasteiger partial charge on any atom is 0.259 e. The van der Waals surface area contributed by atoms with Crippen LogP contribution in [0.4, 0.5) is 5.13 Å². The van der Waals surface area contributed by atoms with Crippen molar-refractivity contribution < 1.29 is 4.79 Å². The number of nitrogens with one attached hydrogen (secondary N) is 2. The van der Waals surface area contributed by atoms with E-state index in [1.165, 1.54) is 23.1 Å². The molecule has 0 aliphatic heterocycles. The smallest absolute Gasteiger partial charge is 0.259 e. The van der Waals surface area contributed by atoms with E-state index in [1.54, 1.807) is 18.2 Å². The van der Waals surface area contributed by atoms with Crippen LogP contribution >= 0.6 is 23.1 Å². The number of aromatic amines is 1. The van der Waals surface area contributed by atoms with E-state index in [1.807, 2.05) is 19.9 Å². The van der Waals surface area contributed by atoms with Crippen LogP contribution in [-0.4, -0.2) is 31.3 Å². The Morgan fingerprint density at radius 3 is 2.84 bits per heavy atom. The lowest BCUT2D eigenvalue weighted by molar-refractivity contribution is -0.115. The standard InChI is InChI=1S/C16H17N5O2S2/c1-3-11(14(23)19-16-21-20-12(4-2)25-16)24-15-17-10-8-6-5-7-9(10)13(22)18-15/h5-8,11H,3-4H2,1-2H3,(H,17,18,22)(H,19,21,23). The first kappa shape index (κ1) is 17.6. The van der Waals surface area contributed by atoms with Gasteiger partial charge in [0.25, 0.3) is 5.56 Å². The van der Waals surface area contributed by atoms with E-state index in [4.69, 9.17) is 0 Å². The number of carbonyl (C=O) groups is 1. The number of anilines is 1. The van der Waals surface area contributed by atoms with Gasteiger partial charge in [0.05, 0.1) is 16.2 Å². The largest absolute Gasteiger partial charge is 0.301 e. The minimum atomic E-state index is -0.390. The molecule has 2 heterocycles. The second-order valence-electron chi connectivity index (χ2n) is 5.25. The summed E-state index contributed by atoms with van der Waals surface area (Å²) in [5.41, 5.74) is 0.404. The van der Waals surface area contributed by atoms with Gasteiger partial charge in [0, 0.05) is 0 Å². The molecule has 0 fully saturated rings. The Bertz CT molecular complexity index is 953. The number of nitrogens with zero attached hydrogens (tertiary/aromatic N) is 3. The second kappa shape index (κ2) is 7.75. The molecule has 0 aliphatic carbocycles. The molecule has 0 bridgehead atoms. The number of aromatic nitrogens is 4. The highest BCUT2D eigenvalue weighted by molar-refractivity contribution is 8.00. The van der Waals surface area contributed by atoms with Gasteiger partial charge in [0.1, 0.15) is 5.01 Å². The number of aryl methyl sites for hydroxylation is 1. The normalized spacial score (nSPS) is 12.2. The molecule has 2 aromatic heterocycles. The molecule has 3 aromatic rings. The van der Waals surface area contributed by atoms with Crippen molar-refractivity contribution in [2.75, 3.05) is 5.32 Å². The molecule has 1 unspecified atom stereocenters. The van der Waals surface area contributed by atoms with Gasteiger partial charge in [0.15, 0.2) is 5.16 Å². The van der Waals surface area contributed by atoms with Gasteiger partial charge >= 0.3 is 0 Å². The number of rotatable bonds is 6. The van der Waals surface area contributed by atoms with E-state index in [2.05, 4.69) is 25.5 Å². The van der Waals surface area contributed by atoms with E-state index in [0.29, 0.717) is 27.6 Å². The minimum absolute atomic E-state index is 0.179. The molecule has 130 valence electrons. The molecule has 0 radical (unpaired) electrons. The molecule has 2 N–H and O–H groups in total. The van der Waals surface area contributed by atoms with E-state index in [0.717, 1.165) is 11.4 Å². The van der Waals surface area contributed by atoms with Crippen molar-refractivity contribution in [2.24, 2.45) is 0 Å². The number of H-pyrrole nitrogens is 1. The van der Waals surface area contributed by atoms with Crippen molar-refractivity contribution in [1.82, 2.24) is 20.2 Å². The molecule has 1 aromatic carbocycles. The molecule has 0 saturated heterocycles. The van der Waals surface area contributed by atoms with Gasteiger partial charge in [-0.2, -0.15) is 0 Å². The zero-order chi connectivity index (χ0) is 17.8. The third-order valence-corrected chi connectivity index (χ3v) is 5.74. The van der Waals surface area contributed by atoms with Crippen molar-refractivity contribution in [3.05, 3.63) is 39.6 Å². The Labute approximate surface area is 152 Å². The van der Waals surface area contributed by atoms with Crippen molar-refractivity contribution in [2.45, 2.75) is 37.1 Å². The first-order valence-corrected chi connectivity index (χ1v) is 9.59. The number of para-hydroxylation sites is 1. The van der Waals surface area contributed by atoms with Crippen LogP contribution < -0.4 is 10.9 Å². The maximum absolute atomic E-state index is 12.5. The Balaban J connectivity index is 1.77. The van der Waals surface area contributed by atoms with Crippen LogP contribution in [0.15, 0.2) is 34.2 Å². The summed E-state index contributed by atoms with van der Waals surface area (Å²) >= 11 is 2.60. The number of hydrogen-bond acceptors (Lipinski definition) is 7. The minimum Gasteiger partial charge on any atom is -0.301 e. The molecule has 0 aliphatic rings. The van der Waals surface area contributed by atoms with Gasteiger partial charge in [-0.25, -0.2) is 4.98 Å². The Hall–Kier alpha value is -2.26. The number of benzene rings is 1. The zero-order valence-electron chi connectivity index (χ0n) is 13.8. The molecular weight excluding hydrogens is 358 g/mol. The van der Waals surface area contributed by atoms with Gasteiger partial charge < -0.3 is 4.98 Å². The Morgan fingerprint density at radius 1 is 1.32 bits per heavy atom. The van der Waals surface area contributed by atoms with Crippen LogP contribution in [0.1, 0.15) is 25.3 Å². The first-order chi connectivity index (χ1) is 12.1. The number of thioether (sulfide) groups is 1. The van der Waals surface area contributed by atoms with E-state index >= 15 is 0 Å². The van der Waals surface area contributed by atoms with Crippen molar-refractivity contribution >= 4 is 45.0 Å². The summed E-state index contributed by atoms with van der Waals surface area (Å²) < 4.78 is 0. The van der Waals surface area contributed by atoms with Gasteiger partial charge in [-0.05, 0) is 25.0 Å². The van der Waals surface area contributed by atoms with Crippen LogP contribution in [-0.2, 0) is 11.2 Å². The van der Waals surface area contributed by atoms with Gasteiger partial charge in [-0.1, -0.05) is 49.1 Å². The SMILES string of the molecule is CCc1nnc(NC(=O)C(CC)Sc2nc3ccccc3c(=O)[nH]2)s1. The van der Waals surface area contributed by atoms with Crippen molar-refractivity contribution in [1.29, 1.82) is 0 Å². The van der Waals surface area contributed by atoms with E-state index < -0.39 is 5.25 Å². The topological polar surface area (TPSA) is 101 Å². The molecule has 0 spiro atoms. The predicted molar refractivity (Wildman–Crippen MR) is 100 cm³/mol. The molecule has 1 atom stereocenters. The molecule has 0 saturated carbocycles. The molecule has 9 heteroatoms. The number of carbonyl (C=O) groups excluding carboxylic acids is 1. The quantitative estimate of drug-likeness (QED) is 0.507. The van der Waals surface area contributed by atoms with Gasteiger partial charge in [-0.3, -0.25) is 14.9 Å². The van der Waals surface area contributed by atoms with Gasteiger partial charge in [0.2, 0.25) is 11.0 Å². The molecule has 25 heavy (non-hydrogen) atoms. The molecule has 3 rings (SSSR count). The van der Waals surface area contributed by atoms with E-state index in [9.17, 15) is 9.59 Å². The fraction of sp³-hybridized carbons (Fsp3) is 0.312. The lowest BCUT2D eigenvalue weighted by Crippen LogP contribution is -2.25. The number of hydrogen-bond donors (Lipinski definition) is 2. The average molecular weight is 375 g/mol. The highest BCUT2D eigenvalue weighted by Gasteiger charge is 2.21. The summed E-state index contributed by atoms with van der Waals surface area (Å²) in [6, 6.07) is 7.12. The fourth-order valence-corrected chi connectivity index (χ4v) is 3.80. The summed E-state index contributed by atoms with van der Waals surface area (Å²) in [5, 5.41) is 12.7. The third kappa shape index (κ3) is 4.05.